The van der Waals surface area contributed by atoms with E-state index in [4.69, 9.17) is 4.42 Å². The van der Waals surface area contributed by atoms with Crippen LogP contribution < -0.4 is 10.0 Å². The first-order valence-corrected chi connectivity index (χ1v) is 9.08. The summed E-state index contributed by atoms with van der Waals surface area (Å²) in [5.74, 6) is 1.84. The van der Waals surface area contributed by atoms with E-state index in [0.29, 0.717) is 13.1 Å². The van der Waals surface area contributed by atoms with Crippen LogP contribution in [0.4, 0.5) is 0 Å². The molecule has 0 fully saturated rings. The highest BCUT2D eigenvalue weighted by molar-refractivity contribution is 7.89. The summed E-state index contributed by atoms with van der Waals surface area (Å²) in [6.07, 6.45) is 0.742. The molecule has 1 aromatic heterocycles. The summed E-state index contributed by atoms with van der Waals surface area (Å²) in [5.41, 5.74) is 1.06. The molecular formula is C16H22N2O3S. The fourth-order valence-electron chi connectivity index (χ4n) is 1.99. The molecule has 0 aliphatic heterocycles. The molecule has 2 N–H and O–H groups in total. The molecule has 22 heavy (non-hydrogen) atoms. The lowest BCUT2D eigenvalue weighted by Gasteiger charge is -2.05. The van der Waals surface area contributed by atoms with Crippen LogP contribution in [-0.2, 0) is 16.6 Å². The fraction of sp³-hybridized carbons (Fsp3) is 0.375. The normalized spacial score (nSPS) is 11.7. The van der Waals surface area contributed by atoms with E-state index >= 15 is 0 Å². The van der Waals surface area contributed by atoms with Gasteiger partial charge in [-0.25, -0.2) is 13.1 Å². The summed E-state index contributed by atoms with van der Waals surface area (Å²) in [6, 6.07) is 13.9. The Kier molecular flexibility index (Phi) is 6.18. The molecule has 2 aromatic rings. The third-order valence-corrected chi connectivity index (χ3v) is 4.66. The van der Waals surface area contributed by atoms with Crippen LogP contribution in [0.25, 0.3) is 11.3 Å². The molecule has 6 heteroatoms. The van der Waals surface area contributed by atoms with Gasteiger partial charge in [-0.2, -0.15) is 0 Å². The van der Waals surface area contributed by atoms with Crippen LogP contribution in [0, 0.1) is 0 Å². The monoisotopic (exact) mass is 322 g/mol. The van der Waals surface area contributed by atoms with Crippen molar-refractivity contribution in [3.63, 3.8) is 0 Å². The van der Waals surface area contributed by atoms with Crippen molar-refractivity contribution in [1.29, 1.82) is 0 Å². The zero-order valence-electron chi connectivity index (χ0n) is 12.7. The highest BCUT2D eigenvalue weighted by Crippen LogP contribution is 2.21. The van der Waals surface area contributed by atoms with Crippen LogP contribution >= 0.6 is 0 Å². The number of rotatable bonds is 9. The number of hydrogen-bond donors (Lipinski definition) is 2. The Hall–Kier alpha value is -1.63. The minimum atomic E-state index is -3.08. The molecule has 2 rings (SSSR count). The van der Waals surface area contributed by atoms with Crippen molar-refractivity contribution in [1.82, 2.24) is 10.0 Å². The summed E-state index contributed by atoms with van der Waals surface area (Å²) in [7, 11) is -3.08. The van der Waals surface area contributed by atoms with Crippen molar-refractivity contribution in [2.24, 2.45) is 0 Å². The number of nitrogens with one attached hydrogen (secondary N) is 2. The molecule has 0 saturated heterocycles. The summed E-state index contributed by atoms with van der Waals surface area (Å²) in [5, 5.41) is 3.24. The molecule has 0 aliphatic carbocycles. The molecule has 0 bridgehead atoms. The average Bonchev–Trinajstić information content (AvgIpc) is 3.00. The average molecular weight is 322 g/mol. The summed E-state index contributed by atoms with van der Waals surface area (Å²) < 4.78 is 30.8. The maximum absolute atomic E-state index is 11.2. The second-order valence-electron chi connectivity index (χ2n) is 4.96. The van der Waals surface area contributed by atoms with Crippen molar-refractivity contribution < 1.29 is 12.8 Å². The van der Waals surface area contributed by atoms with Gasteiger partial charge < -0.3 is 9.73 Å². The predicted octanol–water partition coefficient (Wildman–Crippen LogP) is 2.37. The Morgan fingerprint density at radius 1 is 1.05 bits per heavy atom. The van der Waals surface area contributed by atoms with E-state index in [1.54, 1.807) is 6.92 Å². The van der Waals surface area contributed by atoms with Gasteiger partial charge in [-0.05, 0) is 32.0 Å². The van der Waals surface area contributed by atoms with Crippen molar-refractivity contribution >= 4 is 10.0 Å². The Morgan fingerprint density at radius 2 is 1.82 bits per heavy atom. The number of hydrogen-bond acceptors (Lipinski definition) is 4. The van der Waals surface area contributed by atoms with E-state index in [0.717, 1.165) is 30.0 Å². The Labute approximate surface area is 131 Å². The Morgan fingerprint density at radius 3 is 2.55 bits per heavy atom. The van der Waals surface area contributed by atoms with Gasteiger partial charge in [0.25, 0.3) is 0 Å². The molecule has 1 aromatic carbocycles. The fourth-order valence-corrected chi connectivity index (χ4v) is 2.64. The second kappa shape index (κ2) is 8.12. The number of benzene rings is 1. The van der Waals surface area contributed by atoms with E-state index in [2.05, 4.69) is 10.0 Å². The number of furan rings is 1. The lowest BCUT2D eigenvalue weighted by atomic mass is 10.2. The quantitative estimate of drug-likeness (QED) is 0.695. The van der Waals surface area contributed by atoms with Crippen LogP contribution in [0.2, 0.25) is 0 Å². The second-order valence-corrected chi connectivity index (χ2v) is 7.06. The van der Waals surface area contributed by atoms with Gasteiger partial charge in [0.1, 0.15) is 11.5 Å². The summed E-state index contributed by atoms with van der Waals surface area (Å²) in [6.45, 7) is 3.44. The van der Waals surface area contributed by atoms with Gasteiger partial charge in [0, 0.05) is 12.1 Å². The molecule has 120 valence electrons. The first-order valence-electron chi connectivity index (χ1n) is 7.43. The minimum absolute atomic E-state index is 0.120. The van der Waals surface area contributed by atoms with Crippen molar-refractivity contribution in [2.75, 3.05) is 18.8 Å². The predicted molar refractivity (Wildman–Crippen MR) is 87.9 cm³/mol. The summed E-state index contributed by atoms with van der Waals surface area (Å²) in [4.78, 5) is 0. The van der Waals surface area contributed by atoms with Gasteiger partial charge in [-0.1, -0.05) is 30.3 Å². The van der Waals surface area contributed by atoms with Crippen LogP contribution in [0.15, 0.2) is 46.9 Å². The lowest BCUT2D eigenvalue weighted by molar-refractivity contribution is 0.490. The zero-order chi connectivity index (χ0) is 15.8. The van der Waals surface area contributed by atoms with Crippen molar-refractivity contribution in [3.05, 3.63) is 48.2 Å². The van der Waals surface area contributed by atoms with Gasteiger partial charge >= 0.3 is 0 Å². The molecule has 0 saturated carbocycles. The van der Waals surface area contributed by atoms with Crippen LogP contribution in [0.1, 0.15) is 19.1 Å². The van der Waals surface area contributed by atoms with E-state index in [1.165, 1.54) is 0 Å². The lowest BCUT2D eigenvalue weighted by Crippen LogP contribution is -2.28. The number of sulfonamides is 1. The van der Waals surface area contributed by atoms with E-state index < -0.39 is 10.0 Å². The van der Waals surface area contributed by atoms with Gasteiger partial charge in [-0.15, -0.1) is 0 Å². The maximum Gasteiger partial charge on any atom is 0.211 e. The van der Waals surface area contributed by atoms with Gasteiger partial charge in [0.2, 0.25) is 10.0 Å². The third kappa shape index (κ3) is 5.29. The van der Waals surface area contributed by atoms with Gasteiger partial charge in [0.05, 0.1) is 12.3 Å². The molecule has 0 aliphatic rings. The van der Waals surface area contributed by atoms with E-state index in [1.807, 2.05) is 42.5 Å². The van der Waals surface area contributed by atoms with E-state index in [9.17, 15) is 8.42 Å². The van der Waals surface area contributed by atoms with Crippen LogP contribution in [-0.4, -0.2) is 27.3 Å². The SMILES string of the molecule is CCS(=O)(=O)NCCCNCc1ccc(-c2ccccc2)o1. The topological polar surface area (TPSA) is 71.3 Å². The van der Waals surface area contributed by atoms with E-state index in [-0.39, 0.29) is 5.75 Å². The highest BCUT2D eigenvalue weighted by atomic mass is 32.2. The van der Waals surface area contributed by atoms with Crippen molar-refractivity contribution in [2.45, 2.75) is 19.9 Å². The van der Waals surface area contributed by atoms with Crippen LogP contribution in [0.5, 0.6) is 0 Å². The largest absolute Gasteiger partial charge is 0.460 e. The smallest absolute Gasteiger partial charge is 0.211 e. The molecule has 5 nitrogen and oxygen atoms in total. The molecule has 1 heterocycles. The van der Waals surface area contributed by atoms with Gasteiger partial charge in [0.15, 0.2) is 0 Å². The molecular weight excluding hydrogens is 300 g/mol. The molecule has 0 radical (unpaired) electrons. The molecule has 0 unspecified atom stereocenters. The Balaban J connectivity index is 1.69. The third-order valence-electron chi connectivity index (χ3n) is 3.25. The first-order chi connectivity index (χ1) is 10.6. The maximum atomic E-state index is 11.2. The van der Waals surface area contributed by atoms with Gasteiger partial charge in [-0.3, -0.25) is 0 Å². The highest BCUT2D eigenvalue weighted by Gasteiger charge is 2.05. The molecule has 0 amide bonds. The molecule has 0 spiro atoms. The minimum Gasteiger partial charge on any atom is -0.460 e. The standard InChI is InChI=1S/C16H22N2O3S/c1-2-22(19,20)18-12-6-11-17-13-15-9-10-16(21-15)14-7-4-3-5-8-14/h3-5,7-10,17-18H,2,6,11-13H2,1H3. The summed E-state index contributed by atoms with van der Waals surface area (Å²) >= 11 is 0. The zero-order valence-corrected chi connectivity index (χ0v) is 13.5. The first kappa shape index (κ1) is 16.7. The Bertz CT molecular complexity index is 666. The van der Waals surface area contributed by atoms with Crippen LogP contribution in [0.3, 0.4) is 0 Å². The molecule has 0 atom stereocenters. The van der Waals surface area contributed by atoms with Crippen molar-refractivity contribution in [3.8, 4) is 11.3 Å².